The number of aliphatic hydroxyl groups excluding tert-OH is 1. The van der Waals surface area contributed by atoms with Gasteiger partial charge in [0.05, 0.1) is 11.5 Å². The van der Waals surface area contributed by atoms with E-state index in [4.69, 9.17) is 0 Å². The Labute approximate surface area is 112 Å². The summed E-state index contributed by atoms with van der Waals surface area (Å²) in [6, 6.07) is 10.4. The molecular weight excluding hydrogens is 268 g/mol. The molecule has 0 aliphatic carbocycles. The van der Waals surface area contributed by atoms with Crippen LogP contribution in [0.25, 0.3) is 19.5 Å². The third kappa shape index (κ3) is 2.09. The summed E-state index contributed by atoms with van der Waals surface area (Å²) in [5.74, 6) is 0. The fourth-order valence-corrected chi connectivity index (χ4v) is 4.59. The molecule has 3 heterocycles. The minimum Gasteiger partial charge on any atom is -0.392 e. The first-order chi connectivity index (χ1) is 8.38. The number of hydrogen-bond donors (Lipinski definition) is 1. The summed E-state index contributed by atoms with van der Waals surface area (Å²) < 4.78 is 0. The van der Waals surface area contributed by atoms with Crippen molar-refractivity contribution in [3.63, 3.8) is 0 Å². The first kappa shape index (κ1) is 11.2. The van der Waals surface area contributed by atoms with Crippen molar-refractivity contribution in [3.8, 4) is 19.5 Å². The van der Waals surface area contributed by atoms with E-state index in [0.29, 0.717) is 0 Å². The van der Waals surface area contributed by atoms with Crippen LogP contribution in [0.5, 0.6) is 0 Å². The molecule has 0 spiro atoms. The van der Waals surface area contributed by atoms with E-state index in [-0.39, 0.29) is 6.61 Å². The predicted molar refractivity (Wildman–Crippen MR) is 76.9 cm³/mol. The second-order valence-electron chi connectivity index (χ2n) is 3.58. The van der Waals surface area contributed by atoms with Crippen molar-refractivity contribution in [3.05, 3.63) is 46.7 Å². The topological polar surface area (TPSA) is 20.2 Å². The van der Waals surface area contributed by atoms with E-state index in [1.807, 2.05) is 6.07 Å². The average molecular weight is 278 g/mol. The molecule has 0 amide bonds. The highest BCUT2D eigenvalue weighted by atomic mass is 32.1. The fourth-order valence-electron chi connectivity index (χ4n) is 1.70. The highest BCUT2D eigenvalue weighted by molar-refractivity contribution is 7.25. The first-order valence-corrected chi connectivity index (χ1v) is 7.77. The molecule has 0 unspecified atom stereocenters. The van der Waals surface area contributed by atoms with Gasteiger partial charge in [-0.1, -0.05) is 12.1 Å². The molecule has 3 aromatic heterocycles. The van der Waals surface area contributed by atoms with Gasteiger partial charge in [-0.05, 0) is 34.5 Å². The average Bonchev–Trinajstić information content (AvgIpc) is 3.09. The lowest BCUT2D eigenvalue weighted by molar-refractivity contribution is 0.283. The predicted octanol–water partition coefficient (Wildman–Crippen LogP) is 4.70. The van der Waals surface area contributed by atoms with Gasteiger partial charge >= 0.3 is 0 Å². The Morgan fingerprint density at radius 3 is 2.24 bits per heavy atom. The SMILES string of the molecule is OCc1cc(-c2cccs2)sc1-c1cccs1. The van der Waals surface area contributed by atoms with Crippen molar-refractivity contribution < 1.29 is 5.11 Å². The van der Waals surface area contributed by atoms with Gasteiger partial charge in [0.1, 0.15) is 0 Å². The smallest absolute Gasteiger partial charge is 0.0696 e. The summed E-state index contributed by atoms with van der Waals surface area (Å²) in [6.45, 7) is 0.106. The van der Waals surface area contributed by atoms with Crippen LogP contribution in [0.4, 0.5) is 0 Å². The van der Waals surface area contributed by atoms with Gasteiger partial charge in [-0.25, -0.2) is 0 Å². The van der Waals surface area contributed by atoms with E-state index >= 15 is 0 Å². The van der Waals surface area contributed by atoms with Crippen LogP contribution in [0.2, 0.25) is 0 Å². The quantitative estimate of drug-likeness (QED) is 0.736. The zero-order valence-electron chi connectivity index (χ0n) is 8.92. The summed E-state index contributed by atoms with van der Waals surface area (Å²) in [4.78, 5) is 4.95. The van der Waals surface area contributed by atoms with E-state index in [9.17, 15) is 5.11 Å². The highest BCUT2D eigenvalue weighted by Gasteiger charge is 2.12. The molecule has 0 aliphatic rings. The van der Waals surface area contributed by atoms with Gasteiger partial charge in [0.15, 0.2) is 0 Å². The Hall–Kier alpha value is -0.940. The minimum absolute atomic E-state index is 0.106. The van der Waals surface area contributed by atoms with Gasteiger partial charge in [-0.2, -0.15) is 0 Å². The maximum atomic E-state index is 9.44. The van der Waals surface area contributed by atoms with Gasteiger partial charge in [0.25, 0.3) is 0 Å². The normalized spacial score (nSPS) is 10.9. The molecular formula is C13H10OS3. The molecule has 17 heavy (non-hydrogen) atoms. The van der Waals surface area contributed by atoms with Crippen LogP contribution in [0, 0.1) is 0 Å². The maximum absolute atomic E-state index is 9.44. The van der Waals surface area contributed by atoms with Crippen LogP contribution in [0.15, 0.2) is 41.1 Å². The Morgan fingerprint density at radius 2 is 1.65 bits per heavy atom. The monoisotopic (exact) mass is 278 g/mol. The fraction of sp³-hybridized carbons (Fsp3) is 0.0769. The number of rotatable bonds is 3. The molecule has 86 valence electrons. The maximum Gasteiger partial charge on any atom is 0.0696 e. The third-order valence-electron chi connectivity index (χ3n) is 2.49. The lowest BCUT2D eigenvalue weighted by atomic mass is 10.2. The Balaban J connectivity index is 2.10. The van der Waals surface area contributed by atoms with Crippen molar-refractivity contribution in [1.29, 1.82) is 0 Å². The summed E-state index contributed by atoms with van der Waals surface area (Å²) >= 11 is 5.22. The summed E-state index contributed by atoms with van der Waals surface area (Å²) in [7, 11) is 0. The van der Waals surface area contributed by atoms with Crippen LogP contribution < -0.4 is 0 Å². The molecule has 1 nitrogen and oxygen atoms in total. The molecule has 3 rings (SSSR count). The van der Waals surface area contributed by atoms with Crippen molar-refractivity contribution in [2.45, 2.75) is 6.61 Å². The van der Waals surface area contributed by atoms with Crippen molar-refractivity contribution in [2.24, 2.45) is 0 Å². The third-order valence-corrected chi connectivity index (χ3v) is 5.78. The van der Waals surface area contributed by atoms with Crippen LogP contribution >= 0.6 is 34.0 Å². The standard InChI is InChI=1S/C13H10OS3/c14-8-9-7-12(10-3-1-5-15-10)17-13(9)11-4-2-6-16-11/h1-7,14H,8H2. The molecule has 1 N–H and O–H groups in total. The van der Waals surface area contributed by atoms with E-state index < -0.39 is 0 Å². The van der Waals surface area contributed by atoms with Gasteiger partial charge in [0, 0.05) is 14.6 Å². The van der Waals surface area contributed by atoms with Gasteiger partial charge in [-0.3, -0.25) is 0 Å². The number of aliphatic hydroxyl groups is 1. The Kier molecular flexibility index (Phi) is 3.11. The molecule has 0 radical (unpaired) electrons. The zero-order valence-corrected chi connectivity index (χ0v) is 11.4. The van der Waals surface area contributed by atoms with Gasteiger partial charge in [-0.15, -0.1) is 34.0 Å². The van der Waals surface area contributed by atoms with Gasteiger partial charge < -0.3 is 5.11 Å². The highest BCUT2D eigenvalue weighted by Crippen LogP contribution is 2.41. The van der Waals surface area contributed by atoms with Gasteiger partial charge in [0.2, 0.25) is 0 Å². The molecule has 0 fully saturated rings. The molecule has 0 saturated heterocycles. The molecule has 0 saturated carbocycles. The lowest BCUT2D eigenvalue weighted by Gasteiger charge is -1.95. The van der Waals surface area contributed by atoms with Crippen molar-refractivity contribution >= 4 is 34.0 Å². The Bertz CT molecular complexity index is 591. The lowest BCUT2D eigenvalue weighted by Crippen LogP contribution is -1.79. The van der Waals surface area contributed by atoms with E-state index in [1.54, 1.807) is 34.0 Å². The number of thiophene rings is 3. The van der Waals surface area contributed by atoms with Crippen LogP contribution in [0.3, 0.4) is 0 Å². The van der Waals surface area contributed by atoms with Crippen LogP contribution in [-0.4, -0.2) is 5.11 Å². The molecule has 0 bridgehead atoms. The van der Waals surface area contributed by atoms with E-state index in [1.165, 1.54) is 19.5 Å². The zero-order chi connectivity index (χ0) is 11.7. The molecule has 3 aromatic rings. The van der Waals surface area contributed by atoms with E-state index in [0.717, 1.165) is 5.56 Å². The molecule has 0 aliphatic heterocycles. The van der Waals surface area contributed by atoms with E-state index in [2.05, 4.69) is 35.0 Å². The molecule has 0 aromatic carbocycles. The molecule has 4 heteroatoms. The number of hydrogen-bond acceptors (Lipinski definition) is 4. The van der Waals surface area contributed by atoms with Crippen LogP contribution in [0.1, 0.15) is 5.56 Å². The summed E-state index contributed by atoms with van der Waals surface area (Å²) in [6.07, 6.45) is 0. The first-order valence-electron chi connectivity index (χ1n) is 5.20. The summed E-state index contributed by atoms with van der Waals surface area (Å²) in [5.41, 5.74) is 1.03. The minimum atomic E-state index is 0.106. The van der Waals surface area contributed by atoms with Crippen molar-refractivity contribution in [2.75, 3.05) is 0 Å². The largest absolute Gasteiger partial charge is 0.392 e. The second kappa shape index (κ2) is 4.74. The second-order valence-corrected chi connectivity index (χ2v) is 6.53. The van der Waals surface area contributed by atoms with Crippen LogP contribution in [-0.2, 0) is 6.61 Å². The molecule has 0 atom stereocenters. The summed E-state index contributed by atoms with van der Waals surface area (Å²) in [5, 5.41) is 13.6. The Morgan fingerprint density at radius 1 is 0.941 bits per heavy atom. The van der Waals surface area contributed by atoms with Crippen molar-refractivity contribution in [1.82, 2.24) is 0 Å².